The molecule has 2 aromatic rings. The van der Waals surface area contributed by atoms with Crippen LogP contribution in [-0.2, 0) is 12.8 Å². The lowest BCUT2D eigenvalue weighted by Crippen LogP contribution is -2.23. The van der Waals surface area contributed by atoms with Crippen molar-refractivity contribution in [3.05, 3.63) is 75.3 Å². The zero-order valence-electron chi connectivity index (χ0n) is 12.2. The van der Waals surface area contributed by atoms with Crippen molar-refractivity contribution in [3.8, 4) is 0 Å². The summed E-state index contributed by atoms with van der Waals surface area (Å²) in [5, 5.41) is 10.6. The van der Waals surface area contributed by atoms with E-state index >= 15 is 0 Å². The van der Waals surface area contributed by atoms with Crippen LogP contribution in [0.3, 0.4) is 0 Å². The maximum atomic E-state index is 10.6. The Labute approximate surface area is 124 Å². The number of benzene rings is 2. The van der Waals surface area contributed by atoms with Crippen LogP contribution in [0.25, 0.3) is 0 Å². The molecule has 0 fully saturated rings. The molecule has 0 heterocycles. The van der Waals surface area contributed by atoms with Gasteiger partial charge in [0, 0.05) is 18.2 Å². The van der Waals surface area contributed by atoms with Gasteiger partial charge >= 0.3 is 0 Å². The molecule has 2 rings (SSSR count). The zero-order chi connectivity index (χ0) is 15.2. The second-order valence-corrected chi connectivity index (χ2v) is 5.35. The number of nitro groups is 1. The lowest BCUT2D eigenvalue weighted by molar-refractivity contribution is -0.384. The van der Waals surface area contributed by atoms with E-state index in [1.807, 2.05) is 12.1 Å². The maximum absolute atomic E-state index is 10.6. The van der Waals surface area contributed by atoms with Crippen molar-refractivity contribution >= 4 is 5.69 Å². The minimum absolute atomic E-state index is 0.0612. The van der Waals surface area contributed by atoms with Crippen LogP contribution >= 0.6 is 0 Å². The van der Waals surface area contributed by atoms with Crippen LogP contribution in [0.5, 0.6) is 0 Å². The first-order valence-electron chi connectivity index (χ1n) is 7.09. The van der Waals surface area contributed by atoms with E-state index in [0.717, 1.165) is 24.8 Å². The molecule has 0 aromatic heterocycles. The molecule has 1 unspecified atom stereocenters. The van der Waals surface area contributed by atoms with Crippen LogP contribution in [-0.4, -0.2) is 11.0 Å². The second kappa shape index (κ2) is 6.99. The van der Waals surface area contributed by atoms with Crippen molar-refractivity contribution in [1.82, 2.24) is 0 Å². The molecule has 110 valence electrons. The van der Waals surface area contributed by atoms with Crippen molar-refractivity contribution < 1.29 is 4.92 Å². The summed E-state index contributed by atoms with van der Waals surface area (Å²) in [6.45, 7) is 2.11. The summed E-state index contributed by atoms with van der Waals surface area (Å²) in [4.78, 5) is 10.2. The molecule has 21 heavy (non-hydrogen) atoms. The molecule has 1 atom stereocenters. The summed E-state index contributed by atoms with van der Waals surface area (Å²) in [6, 6.07) is 15.0. The Bertz CT molecular complexity index is 608. The minimum atomic E-state index is -0.387. The summed E-state index contributed by atoms with van der Waals surface area (Å²) in [5.74, 6) is 0. The van der Waals surface area contributed by atoms with E-state index in [-0.39, 0.29) is 16.7 Å². The van der Waals surface area contributed by atoms with Crippen LogP contribution in [0.2, 0.25) is 0 Å². The lowest BCUT2D eigenvalue weighted by Gasteiger charge is -2.12. The zero-order valence-corrected chi connectivity index (χ0v) is 12.2. The molecular formula is C17H20N2O2. The van der Waals surface area contributed by atoms with E-state index in [9.17, 15) is 10.1 Å². The van der Waals surface area contributed by atoms with E-state index in [0.29, 0.717) is 0 Å². The fourth-order valence-corrected chi connectivity index (χ4v) is 2.39. The Morgan fingerprint density at radius 3 is 2.43 bits per heavy atom. The molecule has 2 aromatic carbocycles. The normalized spacial score (nSPS) is 12.1. The van der Waals surface area contributed by atoms with E-state index in [1.54, 1.807) is 12.1 Å². The average Bonchev–Trinajstić information content (AvgIpc) is 2.47. The van der Waals surface area contributed by atoms with Crippen molar-refractivity contribution in [2.75, 3.05) is 0 Å². The average molecular weight is 284 g/mol. The van der Waals surface area contributed by atoms with Gasteiger partial charge in [0.15, 0.2) is 0 Å². The number of nitrogens with zero attached hydrogens (tertiary/aromatic N) is 1. The summed E-state index contributed by atoms with van der Waals surface area (Å²) < 4.78 is 0. The number of aryl methyl sites for hydroxylation is 2. The molecule has 0 spiro atoms. The number of hydrogen-bond donors (Lipinski definition) is 1. The largest absolute Gasteiger partial charge is 0.327 e. The number of nitro benzene ring substituents is 1. The van der Waals surface area contributed by atoms with Gasteiger partial charge < -0.3 is 5.73 Å². The third kappa shape index (κ3) is 4.39. The standard InChI is InChI=1S/C17H20N2O2/c1-13-4-2-3-5-15(13)8-9-16(18)12-14-6-10-17(11-7-14)19(20)21/h2-7,10-11,16H,8-9,12,18H2,1H3. The van der Waals surface area contributed by atoms with Crippen molar-refractivity contribution in [3.63, 3.8) is 0 Å². The molecule has 0 aliphatic carbocycles. The van der Waals surface area contributed by atoms with Crippen LogP contribution in [0, 0.1) is 17.0 Å². The Morgan fingerprint density at radius 2 is 1.81 bits per heavy atom. The van der Waals surface area contributed by atoms with Gasteiger partial charge in [0.2, 0.25) is 0 Å². The first-order valence-corrected chi connectivity index (χ1v) is 7.09. The molecule has 2 N–H and O–H groups in total. The van der Waals surface area contributed by atoms with Gasteiger partial charge in [-0.1, -0.05) is 36.4 Å². The van der Waals surface area contributed by atoms with Crippen molar-refractivity contribution in [2.24, 2.45) is 5.73 Å². The van der Waals surface area contributed by atoms with E-state index in [4.69, 9.17) is 5.73 Å². The third-order valence-electron chi connectivity index (χ3n) is 3.69. The first kappa shape index (κ1) is 15.2. The second-order valence-electron chi connectivity index (χ2n) is 5.35. The van der Waals surface area contributed by atoms with Gasteiger partial charge in [-0.15, -0.1) is 0 Å². The van der Waals surface area contributed by atoms with Gasteiger partial charge in [-0.2, -0.15) is 0 Å². The van der Waals surface area contributed by atoms with Crippen molar-refractivity contribution in [1.29, 1.82) is 0 Å². The van der Waals surface area contributed by atoms with E-state index in [2.05, 4.69) is 19.1 Å². The van der Waals surface area contributed by atoms with Gasteiger partial charge in [-0.25, -0.2) is 0 Å². The fraction of sp³-hybridized carbons (Fsp3) is 0.294. The van der Waals surface area contributed by atoms with Gasteiger partial charge in [-0.3, -0.25) is 10.1 Å². The molecule has 0 saturated carbocycles. The molecular weight excluding hydrogens is 264 g/mol. The molecule has 4 heteroatoms. The van der Waals surface area contributed by atoms with Crippen LogP contribution in [0.1, 0.15) is 23.1 Å². The highest BCUT2D eigenvalue weighted by Gasteiger charge is 2.08. The molecule has 0 aliphatic heterocycles. The smallest absolute Gasteiger partial charge is 0.269 e. The molecule has 0 radical (unpaired) electrons. The highest BCUT2D eigenvalue weighted by Crippen LogP contribution is 2.15. The number of nitrogens with two attached hydrogens (primary N) is 1. The lowest BCUT2D eigenvalue weighted by atomic mass is 9.97. The van der Waals surface area contributed by atoms with Gasteiger partial charge in [0.1, 0.15) is 0 Å². The number of non-ortho nitro benzene ring substituents is 1. The number of rotatable bonds is 6. The quantitative estimate of drug-likeness (QED) is 0.653. The van der Waals surface area contributed by atoms with E-state index < -0.39 is 0 Å². The van der Waals surface area contributed by atoms with Gasteiger partial charge in [0.05, 0.1) is 4.92 Å². The van der Waals surface area contributed by atoms with Crippen molar-refractivity contribution in [2.45, 2.75) is 32.2 Å². The SMILES string of the molecule is Cc1ccccc1CCC(N)Cc1ccc([N+](=O)[O-])cc1. The van der Waals surface area contributed by atoms with Crippen LogP contribution in [0.4, 0.5) is 5.69 Å². The molecule has 0 saturated heterocycles. The Balaban J connectivity index is 1.88. The van der Waals surface area contributed by atoms with E-state index in [1.165, 1.54) is 23.3 Å². The maximum Gasteiger partial charge on any atom is 0.269 e. The van der Waals surface area contributed by atoms with Gasteiger partial charge in [0.25, 0.3) is 5.69 Å². The Morgan fingerprint density at radius 1 is 1.14 bits per heavy atom. The summed E-state index contributed by atoms with van der Waals surface area (Å²) in [7, 11) is 0. The summed E-state index contributed by atoms with van der Waals surface area (Å²) in [6.07, 6.45) is 2.60. The molecule has 0 aliphatic rings. The predicted octanol–water partition coefficient (Wildman–Crippen LogP) is 3.41. The monoisotopic (exact) mass is 284 g/mol. The molecule has 4 nitrogen and oxygen atoms in total. The first-order chi connectivity index (χ1) is 10.1. The molecule has 0 bridgehead atoms. The fourth-order valence-electron chi connectivity index (χ4n) is 2.39. The number of hydrogen-bond acceptors (Lipinski definition) is 3. The molecule has 0 amide bonds. The topological polar surface area (TPSA) is 69.2 Å². The summed E-state index contributed by atoms with van der Waals surface area (Å²) >= 11 is 0. The highest BCUT2D eigenvalue weighted by atomic mass is 16.6. The van der Waals surface area contributed by atoms with Gasteiger partial charge in [-0.05, 0) is 42.9 Å². The summed E-state index contributed by atoms with van der Waals surface area (Å²) in [5.41, 5.74) is 9.95. The highest BCUT2D eigenvalue weighted by molar-refractivity contribution is 5.33. The van der Waals surface area contributed by atoms with Crippen LogP contribution < -0.4 is 5.73 Å². The third-order valence-corrected chi connectivity index (χ3v) is 3.69. The van der Waals surface area contributed by atoms with Crippen LogP contribution in [0.15, 0.2) is 48.5 Å². The Kier molecular flexibility index (Phi) is 5.06. The minimum Gasteiger partial charge on any atom is -0.327 e. The predicted molar refractivity (Wildman–Crippen MR) is 84.3 cm³/mol. The Hall–Kier alpha value is -2.20.